The van der Waals surface area contributed by atoms with E-state index in [0.717, 1.165) is 10.4 Å². The Hall–Kier alpha value is -1.26. The monoisotopic (exact) mass is 306 g/mol. The maximum Gasteiger partial charge on any atom is 0.172 e. The van der Waals surface area contributed by atoms with Crippen LogP contribution in [0.5, 0.6) is 0 Å². The second-order valence-electron chi connectivity index (χ2n) is 4.78. The summed E-state index contributed by atoms with van der Waals surface area (Å²) >= 11 is 1.47. The second kappa shape index (κ2) is 7.50. The van der Waals surface area contributed by atoms with Gasteiger partial charge in [0.15, 0.2) is 5.78 Å². The fourth-order valence-electron chi connectivity index (χ4n) is 2.01. The molecule has 2 aromatic rings. The molecule has 0 spiro atoms. The summed E-state index contributed by atoms with van der Waals surface area (Å²) < 4.78 is 12.0. The molecule has 2 rings (SSSR count). The van der Waals surface area contributed by atoms with Crippen molar-refractivity contribution in [3.05, 3.63) is 57.8 Å². The number of carbonyl (C=O) groups excluding carboxylic acids is 1. The van der Waals surface area contributed by atoms with Crippen LogP contribution in [0.1, 0.15) is 33.6 Å². The molecule has 0 bridgehead atoms. The van der Waals surface area contributed by atoms with Crippen LogP contribution in [0, 0.1) is 6.92 Å². The molecule has 4 heteroatoms. The minimum atomic E-state index is -0.891. The molecule has 0 amide bonds. The molecule has 1 atom stereocenters. The van der Waals surface area contributed by atoms with Crippen molar-refractivity contribution in [2.24, 2.45) is 0 Å². The number of carbonyl (C=O) groups is 1. The molecular formula is C16H18O2S2. The predicted molar refractivity (Wildman–Crippen MR) is 85.8 cm³/mol. The minimum Gasteiger partial charge on any atom is -0.293 e. The van der Waals surface area contributed by atoms with E-state index in [0.29, 0.717) is 24.3 Å². The summed E-state index contributed by atoms with van der Waals surface area (Å²) in [7, 11) is -0.891. The Labute approximate surface area is 126 Å². The first kappa shape index (κ1) is 15.1. The molecule has 0 N–H and O–H groups in total. The number of benzene rings is 1. The lowest BCUT2D eigenvalue weighted by molar-refractivity contribution is 0.0986. The highest BCUT2D eigenvalue weighted by Gasteiger charge is 2.08. The fraction of sp³-hybridized carbons (Fsp3) is 0.312. The van der Waals surface area contributed by atoms with Gasteiger partial charge in [-0.1, -0.05) is 35.9 Å². The molecule has 20 heavy (non-hydrogen) atoms. The van der Waals surface area contributed by atoms with E-state index in [1.165, 1.54) is 16.9 Å². The molecule has 0 fully saturated rings. The third-order valence-electron chi connectivity index (χ3n) is 2.98. The summed E-state index contributed by atoms with van der Waals surface area (Å²) in [6, 6.07) is 11.8. The Morgan fingerprint density at radius 3 is 2.80 bits per heavy atom. The van der Waals surface area contributed by atoms with Crippen LogP contribution in [0.2, 0.25) is 0 Å². The van der Waals surface area contributed by atoms with E-state index in [1.807, 2.05) is 42.6 Å². The number of rotatable bonds is 7. The number of Topliss-reactive ketones (excluding diaryl/α,β-unsaturated/α-hetero) is 1. The highest BCUT2D eigenvalue weighted by atomic mass is 32.2. The maximum atomic E-state index is 12.0. The van der Waals surface area contributed by atoms with Crippen molar-refractivity contribution >= 4 is 27.9 Å². The van der Waals surface area contributed by atoms with Gasteiger partial charge in [0.25, 0.3) is 0 Å². The summed E-state index contributed by atoms with van der Waals surface area (Å²) in [5.74, 6) is 1.33. The van der Waals surface area contributed by atoms with Gasteiger partial charge in [0, 0.05) is 28.7 Å². The molecule has 1 heterocycles. The van der Waals surface area contributed by atoms with E-state index in [2.05, 4.69) is 6.07 Å². The van der Waals surface area contributed by atoms with Crippen molar-refractivity contribution in [3.63, 3.8) is 0 Å². The number of aryl methyl sites for hydroxylation is 1. The molecule has 1 aromatic heterocycles. The first-order chi connectivity index (χ1) is 9.65. The van der Waals surface area contributed by atoms with Crippen LogP contribution in [-0.2, 0) is 16.6 Å². The van der Waals surface area contributed by atoms with Crippen molar-refractivity contribution < 1.29 is 9.00 Å². The van der Waals surface area contributed by atoms with Crippen molar-refractivity contribution in [2.75, 3.05) is 5.75 Å². The van der Waals surface area contributed by atoms with Crippen LogP contribution in [0.4, 0.5) is 0 Å². The van der Waals surface area contributed by atoms with E-state index in [4.69, 9.17) is 0 Å². The van der Waals surface area contributed by atoms with Crippen LogP contribution >= 0.6 is 11.3 Å². The maximum absolute atomic E-state index is 12.0. The Kier molecular flexibility index (Phi) is 5.68. The third kappa shape index (κ3) is 4.69. The van der Waals surface area contributed by atoms with Gasteiger partial charge >= 0.3 is 0 Å². The summed E-state index contributed by atoms with van der Waals surface area (Å²) in [5, 5.41) is 1.91. The lowest BCUT2D eigenvalue weighted by Gasteiger charge is -2.03. The van der Waals surface area contributed by atoms with E-state index >= 15 is 0 Å². The highest BCUT2D eigenvalue weighted by molar-refractivity contribution is 7.84. The van der Waals surface area contributed by atoms with Crippen LogP contribution < -0.4 is 0 Å². The standard InChI is InChI=1S/C16H18O2S2/c1-13-5-2-6-14(11-13)12-20(18)10-4-7-15(17)16-8-3-9-19-16/h2-3,5-6,8-9,11H,4,7,10,12H2,1H3. The molecule has 2 nitrogen and oxygen atoms in total. The van der Waals surface area contributed by atoms with Crippen molar-refractivity contribution in [2.45, 2.75) is 25.5 Å². The van der Waals surface area contributed by atoms with Gasteiger partial charge in [-0.2, -0.15) is 0 Å². The predicted octanol–water partition coefficient (Wildman–Crippen LogP) is 3.97. The zero-order valence-corrected chi connectivity index (χ0v) is 13.1. The van der Waals surface area contributed by atoms with Crippen molar-refractivity contribution in [3.8, 4) is 0 Å². The minimum absolute atomic E-state index is 0.160. The Morgan fingerprint density at radius 1 is 1.25 bits per heavy atom. The van der Waals surface area contributed by atoms with Crippen molar-refractivity contribution in [1.82, 2.24) is 0 Å². The molecule has 0 radical (unpaired) electrons. The Balaban J connectivity index is 1.74. The Morgan fingerprint density at radius 2 is 2.10 bits per heavy atom. The summed E-state index contributed by atoms with van der Waals surface area (Å²) in [5.41, 5.74) is 2.29. The van der Waals surface area contributed by atoms with Gasteiger partial charge in [0.05, 0.1) is 4.88 Å². The van der Waals surface area contributed by atoms with Gasteiger partial charge in [-0.25, -0.2) is 0 Å². The summed E-state index contributed by atoms with van der Waals surface area (Å²) in [4.78, 5) is 12.6. The molecular weight excluding hydrogens is 288 g/mol. The summed E-state index contributed by atoms with van der Waals surface area (Å²) in [6.45, 7) is 2.03. The van der Waals surface area contributed by atoms with Gasteiger partial charge in [0.2, 0.25) is 0 Å². The zero-order valence-electron chi connectivity index (χ0n) is 11.5. The van der Waals surface area contributed by atoms with E-state index < -0.39 is 10.8 Å². The largest absolute Gasteiger partial charge is 0.293 e. The lowest BCUT2D eigenvalue weighted by atomic mass is 10.2. The Bertz CT molecular complexity index is 588. The molecule has 0 saturated heterocycles. The first-order valence-corrected chi connectivity index (χ1v) is 8.99. The number of hydrogen-bond acceptors (Lipinski definition) is 3. The SMILES string of the molecule is Cc1cccc(CS(=O)CCCC(=O)c2cccs2)c1. The van der Waals surface area contributed by atoms with E-state index in [1.54, 1.807) is 0 Å². The summed E-state index contributed by atoms with van der Waals surface area (Å²) in [6.07, 6.45) is 1.18. The van der Waals surface area contributed by atoms with E-state index in [9.17, 15) is 9.00 Å². The van der Waals surface area contributed by atoms with Gasteiger partial charge in [-0.15, -0.1) is 11.3 Å². The van der Waals surface area contributed by atoms with Gasteiger partial charge in [-0.3, -0.25) is 9.00 Å². The number of hydrogen-bond donors (Lipinski definition) is 0. The quantitative estimate of drug-likeness (QED) is 0.725. The number of ketones is 1. The topological polar surface area (TPSA) is 34.1 Å². The number of thiophene rings is 1. The van der Waals surface area contributed by atoms with Crippen LogP contribution in [0.3, 0.4) is 0 Å². The second-order valence-corrected chi connectivity index (χ2v) is 7.31. The molecule has 1 aromatic carbocycles. The van der Waals surface area contributed by atoms with Crippen LogP contribution in [-0.4, -0.2) is 15.7 Å². The average molecular weight is 306 g/mol. The van der Waals surface area contributed by atoms with Gasteiger partial charge in [-0.05, 0) is 30.4 Å². The average Bonchev–Trinajstić information content (AvgIpc) is 2.92. The van der Waals surface area contributed by atoms with Crippen molar-refractivity contribution in [1.29, 1.82) is 0 Å². The van der Waals surface area contributed by atoms with E-state index in [-0.39, 0.29) is 5.78 Å². The molecule has 0 aliphatic rings. The van der Waals surface area contributed by atoms with Crippen LogP contribution in [0.15, 0.2) is 41.8 Å². The smallest absolute Gasteiger partial charge is 0.172 e. The zero-order chi connectivity index (χ0) is 14.4. The fourth-order valence-corrected chi connectivity index (χ4v) is 3.87. The van der Waals surface area contributed by atoms with Crippen LogP contribution in [0.25, 0.3) is 0 Å². The molecule has 106 valence electrons. The van der Waals surface area contributed by atoms with Gasteiger partial charge in [0.1, 0.15) is 0 Å². The molecule has 0 aliphatic carbocycles. The molecule has 0 saturated carbocycles. The highest BCUT2D eigenvalue weighted by Crippen LogP contribution is 2.13. The molecule has 0 aliphatic heterocycles. The first-order valence-electron chi connectivity index (χ1n) is 6.62. The lowest BCUT2D eigenvalue weighted by Crippen LogP contribution is -2.04. The molecule has 1 unspecified atom stereocenters. The third-order valence-corrected chi connectivity index (χ3v) is 5.29. The van der Waals surface area contributed by atoms with Gasteiger partial charge < -0.3 is 0 Å². The normalized spacial score (nSPS) is 12.2.